The molecule has 0 saturated carbocycles. The van der Waals surface area contributed by atoms with Crippen LogP contribution in [0.2, 0.25) is 0 Å². The Bertz CT molecular complexity index is 244. The molecule has 0 amide bonds. The lowest BCUT2D eigenvalue weighted by Crippen LogP contribution is -2.42. The van der Waals surface area contributed by atoms with E-state index in [4.69, 9.17) is 8.85 Å². The van der Waals surface area contributed by atoms with Crippen LogP contribution in [0.3, 0.4) is 0 Å². The number of cyclic esters (lactones) is 1. The molecule has 3 heteroatoms. The van der Waals surface area contributed by atoms with Crippen molar-refractivity contribution in [2.75, 3.05) is 13.1 Å². The van der Waals surface area contributed by atoms with Gasteiger partial charge >= 0.3 is 5.97 Å². The number of ether oxygens (including phenoxy) is 2. The fraction of sp³-hybridized carbons (Fsp3) is 0.875. The fourth-order valence-electron chi connectivity index (χ4n) is 0.991. The van der Waals surface area contributed by atoms with Crippen molar-refractivity contribution in [2.24, 2.45) is 0 Å². The first-order valence-corrected chi connectivity index (χ1v) is 3.65. The van der Waals surface area contributed by atoms with Gasteiger partial charge in [0.15, 0.2) is 0 Å². The van der Waals surface area contributed by atoms with Gasteiger partial charge in [-0.3, -0.25) is 0 Å². The van der Waals surface area contributed by atoms with Gasteiger partial charge in [0.2, 0.25) is 0 Å². The first-order valence-electron chi connectivity index (χ1n) is 5.23. The minimum atomic E-state index is -2.43. The molecule has 0 bridgehead atoms. The van der Waals surface area contributed by atoms with Crippen molar-refractivity contribution in [2.45, 2.75) is 32.3 Å². The lowest BCUT2D eigenvalue weighted by Gasteiger charge is -2.32. The van der Waals surface area contributed by atoms with Gasteiger partial charge in [-0.1, -0.05) is 13.3 Å². The molecular formula is C8H14O3. The van der Waals surface area contributed by atoms with Crippen LogP contribution >= 0.6 is 0 Å². The van der Waals surface area contributed by atoms with Crippen LogP contribution in [0, 0.1) is 0 Å². The molecule has 0 N–H and O–H groups in total. The second-order valence-electron chi connectivity index (χ2n) is 2.79. The van der Waals surface area contributed by atoms with Crippen LogP contribution in [0.25, 0.3) is 0 Å². The molecule has 11 heavy (non-hydrogen) atoms. The number of esters is 1. The van der Waals surface area contributed by atoms with Gasteiger partial charge in [-0.05, 0) is 13.3 Å². The van der Waals surface area contributed by atoms with Crippen molar-refractivity contribution >= 4 is 5.97 Å². The molecule has 0 aliphatic carbocycles. The summed E-state index contributed by atoms with van der Waals surface area (Å²) < 4.78 is 31.6. The highest BCUT2D eigenvalue weighted by Crippen LogP contribution is 2.21. The normalized spacial score (nSPS) is 46.9. The highest BCUT2D eigenvalue weighted by molar-refractivity contribution is 5.71. The summed E-state index contributed by atoms with van der Waals surface area (Å²) in [6.45, 7) is -0.105. The van der Waals surface area contributed by atoms with E-state index in [0.717, 1.165) is 6.42 Å². The van der Waals surface area contributed by atoms with Crippen molar-refractivity contribution in [3.63, 3.8) is 0 Å². The quantitative estimate of drug-likeness (QED) is 0.569. The van der Waals surface area contributed by atoms with Crippen molar-refractivity contribution in [3.05, 3.63) is 0 Å². The van der Waals surface area contributed by atoms with Crippen molar-refractivity contribution in [1.29, 1.82) is 0 Å². The number of rotatable bonds is 2. The van der Waals surface area contributed by atoms with Crippen LogP contribution in [0.1, 0.15) is 30.8 Å². The lowest BCUT2D eigenvalue weighted by molar-refractivity contribution is -0.185. The van der Waals surface area contributed by atoms with E-state index in [9.17, 15) is 4.79 Å². The van der Waals surface area contributed by atoms with Crippen molar-refractivity contribution < 1.29 is 18.4 Å². The zero-order valence-electron chi connectivity index (χ0n) is 9.72. The topological polar surface area (TPSA) is 35.5 Å². The molecule has 0 aromatic carbocycles. The van der Waals surface area contributed by atoms with Crippen LogP contribution in [0.15, 0.2) is 0 Å². The van der Waals surface area contributed by atoms with Crippen molar-refractivity contribution in [1.82, 2.24) is 0 Å². The Balaban J connectivity index is 2.84. The lowest BCUT2D eigenvalue weighted by atomic mass is 10.0. The van der Waals surface area contributed by atoms with Gasteiger partial charge in [-0.25, -0.2) is 4.79 Å². The van der Waals surface area contributed by atoms with Gasteiger partial charge in [-0.15, -0.1) is 0 Å². The van der Waals surface area contributed by atoms with Gasteiger partial charge in [0.1, 0.15) is 18.7 Å². The van der Waals surface area contributed by atoms with E-state index in [1.165, 1.54) is 0 Å². The summed E-state index contributed by atoms with van der Waals surface area (Å²) in [5, 5.41) is 0. The predicted octanol–water partition coefficient (Wildman–Crippen LogP) is 1.12. The van der Waals surface area contributed by atoms with E-state index in [-0.39, 0.29) is 0 Å². The molecule has 64 valence electrons. The van der Waals surface area contributed by atoms with E-state index in [2.05, 4.69) is 4.74 Å². The summed E-state index contributed by atoms with van der Waals surface area (Å²) in [4.78, 5) is 11.0. The van der Waals surface area contributed by atoms with Crippen LogP contribution in [0.4, 0.5) is 0 Å². The summed E-state index contributed by atoms with van der Waals surface area (Å²) in [5.74, 6) is -1.12. The molecule has 0 aromatic rings. The number of carbonyl (C=O) groups excluding carboxylic acids is 1. The SMILES string of the molecule is [2H]C1OC(=O)C([2H])([2H])OC1(C)CCC. The van der Waals surface area contributed by atoms with E-state index < -0.39 is 24.7 Å². The van der Waals surface area contributed by atoms with Gasteiger partial charge in [0.05, 0.1) is 4.11 Å². The van der Waals surface area contributed by atoms with E-state index in [0.29, 0.717) is 6.42 Å². The fourth-order valence-corrected chi connectivity index (χ4v) is 0.991. The third-order valence-corrected chi connectivity index (χ3v) is 1.53. The maximum absolute atomic E-state index is 11.0. The highest BCUT2D eigenvalue weighted by atomic mass is 16.6. The maximum atomic E-state index is 11.0. The summed E-state index contributed by atoms with van der Waals surface area (Å²) >= 11 is 0. The average molecular weight is 161 g/mol. The Morgan fingerprint density at radius 2 is 2.55 bits per heavy atom. The number of carbonyl (C=O) groups is 1. The van der Waals surface area contributed by atoms with Crippen LogP contribution in [-0.2, 0) is 14.3 Å². The zero-order valence-corrected chi connectivity index (χ0v) is 6.72. The third-order valence-electron chi connectivity index (χ3n) is 1.53. The molecule has 1 heterocycles. The first-order chi connectivity index (χ1) is 6.32. The second-order valence-corrected chi connectivity index (χ2v) is 2.79. The summed E-state index contributed by atoms with van der Waals surface area (Å²) in [5.41, 5.74) is -1.05. The van der Waals surface area contributed by atoms with Gasteiger partial charge in [0.25, 0.3) is 0 Å². The Hall–Kier alpha value is -0.570. The predicted molar refractivity (Wildman–Crippen MR) is 40.2 cm³/mol. The summed E-state index contributed by atoms with van der Waals surface area (Å²) in [7, 11) is 0. The van der Waals surface area contributed by atoms with Gasteiger partial charge in [-0.2, -0.15) is 0 Å². The number of hydrogen-bond donors (Lipinski definition) is 0. The average Bonchev–Trinajstić information content (AvgIpc) is 2.01. The molecular weight excluding hydrogens is 144 g/mol. The molecule has 1 saturated heterocycles. The van der Waals surface area contributed by atoms with E-state index in [1.54, 1.807) is 6.92 Å². The Labute approximate surface area is 70.9 Å². The molecule has 1 aliphatic heterocycles. The minimum Gasteiger partial charge on any atom is -0.461 e. The molecule has 0 radical (unpaired) electrons. The van der Waals surface area contributed by atoms with Crippen LogP contribution in [0.5, 0.6) is 0 Å². The van der Waals surface area contributed by atoms with Gasteiger partial charge < -0.3 is 9.47 Å². The Morgan fingerprint density at radius 3 is 3.18 bits per heavy atom. The Morgan fingerprint density at radius 1 is 1.82 bits per heavy atom. The second kappa shape index (κ2) is 3.22. The summed E-state index contributed by atoms with van der Waals surface area (Å²) in [6.07, 6.45) is 1.22. The molecule has 1 fully saturated rings. The third kappa shape index (κ3) is 2.19. The largest absolute Gasteiger partial charge is 0.461 e. The minimum absolute atomic E-state index is 0.480. The van der Waals surface area contributed by atoms with Crippen LogP contribution in [-0.4, -0.2) is 24.7 Å². The molecule has 1 rings (SSSR count). The highest BCUT2D eigenvalue weighted by Gasteiger charge is 2.31. The maximum Gasteiger partial charge on any atom is 0.332 e. The smallest absolute Gasteiger partial charge is 0.332 e. The Kier molecular flexibility index (Phi) is 1.50. The summed E-state index contributed by atoms with van der Waals surface area (Å²) in [6, 6.07) is 0. The molecule has 0 spiro atoms. The zero-order chi connectivity index (χ0) is 11.0. The van der Waals surface area contributed by atoms with E-state index >= 15 is 0 Å². The van der Waals surface area contributed by atoms with Crippen molar-refractivity contribution in [3.8, 4) is 0 Å². The molecule has 3 nitrogen and oxygen atoms in total. The van der Waals surface area contributed by atoms with Crippen LogP contribution < -0.4 is 0 Å². The molecule has 0 aromatic heterocycles. The standard InChI is InChI=1S/C8H14O3/c1-3-4-8(2)6-10-7(9)5-11-8/h3-6H2,1-2H3/i5D2,6D. The molecule has 2 atom stereocenters. The number of hydrogen-bond acceptors (Lipinski definition) is 3. The molecule has 2 unspecified atom stereocenters. The monoisotopic (exact) mass is 161 g/mol. The van der Waals surface area contributed by atoms with E-state index in [1.807, 2.05) is 6.92 Å². The van der Waals surface area contributed by atoms with Gasteiger partial charge in [0, 0.05) is 0 Å². The first kappa shape index (κ1) is 5.14. The molecule has 1 aliphatic rings.